The van der Waals surface area contributed by atoms with Crippen molar-refractivity contribution in [3.8, 4) is 0 Å². The molecule has 1 aliphatic rings. The van der Waals surface area contributed by atoms with Crippen molar-refractivity contribution in [2.24, 2.45) is 0 Å². The van der Waals surface area contributed by atoms with Crippen LogP contribution in [0.25, 0.3) is 0 Å². The molecule has 1 unspecified atom stereocenters. The third-order valence-corrected chi connectivity index (χ3v) is 2.10. The number of ether oxygens (including phenoxy) is 1. The Kier molecular flexibility index (Phi) is 4.32. The van der Waals surface area contributed by atoms with Crippen molar-refractivity contribution in [3.05, 3.63) is 35.6 Å². The Hall–Kier alpha value is -0.640. The van der Waals surface area contributed by atoms with Crippen molar-refractivity contribution in [3.63, 3.8) is 0 Å². The average Bonchev–Trinajstić information content (AvgIpc) is 2.57. The van der Waals surface area contributed by atoms with E-state index in [9.17, 15) is 4.39 Å². The quantitative estimate of drug-likeness (QED) is 0.815. The lowest BCUT2D eigenvalue weighted by molar-refractivity contribution is 0.102. The summed E-state index contributed by atoms with van der Waals surface area (Å²) in [7, 11) is 0. The number of nitrogens with one attached hydrogen (secondary N) is 1. The number of benzene rings is 1. The van der Waals surface area contributed by atoms with Crippen molar-refractivity contribution in [1.82, 2.24) is 5.32 Å². The number of rotatable bonds is 2. The Morgan fingerprint density at radius 1 is 1.50 bits per heavy atom. The fourth-order valence-electron chi connectivity index (χ4n) is 1.49. The Morgan fingerprint density at radius 2 is 2.36 bits per heavy atom. The molecule has 1 aromatic carbocycles. The van der Waals surface area contributed by atoms with E-state index in [-0.39, 0.29) is 24.5 Å². The molecule has 1 aromatic rings. The molecule has 4 heteroatoms. The van der Waals surface area contributed by atoms with E-state index in [0.717, 1.165) is 25.1 Å². The van der Waals surface area contributed by atoms with Gasteiger partial charge in [0.15, 0.2) is 0 Å². The molecule has 1 atom stereocenters. The smallest absolute Gasteiger partial charge is 0.123 e. The molecule has 1 N–H and O–H groups in total. The van der Waals surface area contributed by atoms with Gasteiger partial charge in [-0.05, 0) is 17.7 Å². The molecular formula is C10H13ClFNO. The average molecular weight is 218 g/mol. The lowest BCUT2D eigenvalue weighted by Crippen LogP contribution is -2.24. The van der Waals surface area contributed by atoms with Crippen LogP contribution in [0.4, 0.5) is 4.39 Å². The number of hydrogen-bond acceptors (Lipinski definition) is 2. The first-order valence-corrected chi connectivity index (χ1v) is 4.44. The van der Waals surface area contributed by atoms with Gasteiger partial charge in [-0.1, -0.05) is 12.1 Å². The molecule has 1 heterocycles. The van der Waals surface area contributed by atoms with Crippen molar-refractivity contribution in [2.75, 3.05) is 13.2 Å². The Bertz CT molecular complexity index is 289. The largest absolute Gasteiger partial charge is 0.362 e. The summed E-state index contributed by atoms with van der Waals surface area (Å²) in [5.74, 6) is -0.185. The van der Waals surface area contributed by atoms with E-state index in [1.54, 1.807) is 12.1 Å². The lowest BCUT2D eigenvalue weighted by Gasteiger charge is -2.09. The number of halogens is 2. The molecule has 0 aliphatic carbocycles. The molecule has 0 bridgehead atoms. The van der Waals surface area contributed by atoms with Crippen LogP contribution < -0.4 is 5.32 Å². The zero-order valence-corrected chi connectivity index (χ0v) is 8.52. The third kappa shape index (κ3) is 2.94. The van der Waals surface area contributed by atoms with Gasteiger partial charge in [-0.25, -0.2) is 4.39 Å². The van der Waals surface area contributed by atoms with E-state index in [1.165, 1.54) is 6.07 Å². The van der Waals surface area contributed by atoms with Gasteiger partial charge < -0.3 is 4.74 Å². The molecule has 1 aliphatic heterocycles. The van der Waals surface area contributed by atoms with Crippen LogP contribution in [0, 0.1) is 5.82 Å². The maximum absolute atomic E-state index is 12.8. The van der Waals surface area contributed by atoms with Crippen molar-refractivity contribution < 1.29 is 9.13 Å². The van der Waals surface area contributed by atoms with Crippen LogP contribution >= 0.6 is 12.4 Å². The topological polar surface area (TPSA) is 21.3 Å². The highest BCUT2D eigenvalue weighted by Crippen LogP contribution is 2.08. The minimum atomic E-state index is -0.185. The minimum absolute atomic E-state index is 0. The van der Waals surface area contributed by atoms with Crippen molar-refractivity contribution in [2.45, 2.75) is 12.6 Å². The Labute approximate surface area is 88.9 Å². The van der Waals surface area contributed by atoms with E-state index in [0.29, 0.717) is 0 Å². The third-order valence-electron chi connectivity index (χ3n) is 2.10. The molecule has 0 radical (unpaired) electrons. The van der Waals surface area contributed by atoms with Gasteiger partial charge in [-0.15, -0.1) is 12.4 Å². The molecule has 0 spiro atoms. The van der Waals surface area contributed by atoms with E-state index in [1.807, 2.05) is 6.07 Å². The highest BCUT2D eigenvalue weighted by atomic mass is 35.5. The van der Waals surface area contributed by atoms with Gasteiger partial charge in [-0.3, -0.25) is 5.32 Å². The highest BCUT2D eigenvalue weighted by molar-refractivity contribution is 5.85. The molecule has 2 nitrogen and oxygen atoms in total. The summed E-state index contributed by atoms with van der Waals surface area (Å²) in [4.78, 5) is 0. The second-order valence-corrected chi connectivity index (χ2v) is 3.15. The first-order valence-electron chi connectivity index (χ1n) is 4.44. The summed E-state index contributed by atoms with van der Waals surface area (Å²) >= 11 is 0. The molecule has 78 valence electrons. The SMILES string of the molecule is Cl.Fc1cccc(CC2NCCO2)c1. The summed E-state index contributed by atoms with van der Waals surface area (Å²) < 4.78 is 18.1. The number of hydrogen-bond donors (Lipinski definition) is 1. The van der Waals surface area contributed by atoms with Crippen molar-refractivity contribution in [1.29, 1.82) is 0 Å². The monoisotopic (exact) mass is 217 g/mol. The van der Waals surface area contributed by atoms with E-state index in [4.69, 9.17) is 4.74 Å². The fourth-order valence-corrected chi connectivity index (χ4v) is 1.49. The standard InChI is InChI=1S/C10H12FNO.ClH/c11-9-3-1-2-8(6-9)7-10-12-4-5-13-10;/h1-3,6,10,12H,4-5,7H2;1H. The normalized spacial score (nSPS) is 20.5. The summed E-state index contributed by atoms with van der Waals surface area (Å²) in [6.07, 6.45) is 0.791. The van der Waals surface area contributed by atoms with Crippen LogP contribution in [0.15, 0.2) is 24.3 Å². The van der Waals surface area contributed by atoms with Gasteiger partial charge in [0.2, 0.25) is 0 Å². The first kappa shape index (κ1) is 11.4. The Balaban J connectivity index is 0.000000980. The molecule has 0 amide bonds. The van der Waals surface area contributed by atoms with E-state index < -0.39 is 0 Å². The molecule has 0 aromatic heterocycles. The van der Waals surface area contributed by atoms with Gasteiger partial charge in [0.25, 0.3) is 0 Å². The maximum atomic E-state index is 12.8. The molecule has 0 saturated carbocycles. The first-order chi connectivity index (χ1) is 6.34. The molecule has 1 saturated heterocycles. The van der Waals surface area contributed by atoms with E-state index >= 15 is 0 Å². The lowest BCUT2D eigenvalue weighted by atomic mass is 10.1. The Morgan fingerprint density at radius 3 is 3.00 bits per heavy atom. The zero-order valence-electron chi connectivity index (χ0n) is 7.70. The molecule has 2 rings (SSSR count). The summed E-state index contributed by atoms with van der Waals surface area (Å²) in [5, 5.41) is 3.18. The molecular weight excluding hydrogens is 205 g/mol. The highest BCUT2D eigenvalue weighted by Gasteiger charge is 2.14. The van der Waals surface area contributed by atoms with Crippen LogP contribution in [-0.4, -0.2) is 19.4 Å². The van der Waals surface area contributed by atoms with Crippen LogP contribution in [0.1, 0.15) is 5.56 Å². The minimum Gasteiger partial charge on any atom is -0.362 e. The van der Waals surface area contributed by atoms with Crippen LogP contribution in [0.5, 0.6) is 0 Å². The second kappa shape index (κ2) is 5.29. The van der Waals surface area contributed by atoms with Gasteiger partial charge in [0, 0.05) is 13.0 Å². The summed E-state index contributed by atoms with van der Waals surface area (Å²) in [6.45, 7) is 1.64. The summed E-state index contributed by atoms with van der Waals surface area (Å²) in [5.41, 5.74) is 0.972. The van der Waals surface area contributed by atoms with Gasteiger partial charge in [-0.2, -0.15) is 0 Å². The second-order valence-electron chi connectivity index (χ2n) is 3.15. The van der Waals surface area contributed by atoms with Crippen molar-refractivity contribution >= 4 is 12.4 Å². The predicted molar refractivity (Wildman–Crippen MR) is 55.1 cm³/mol. The summed E-state index contributed by atoms with van der Waals surface area (Å²) in [6, 6.07) is 6.63. The molecule has 1 fully saturated rings. The molecule has 14 heavy (non-hydrogen) atoms. The maximum Gasteiger partial charge on any atom is 0.123 e. The zero-order chi connectivity index (χ0) is 9.10. The van der Waals surface area contributed by atoms with Gasteiger partial charge in [0.05, 0.1) is 6.61 Å². The van der Waals surface area contributed by atoms with Crippen LogP contribution in [0.2, 0.25) is 0 Å². The van der Waals surface area contributed by atoms with Crippen LogP contribution in [-0.2, 0) is 11.2 Å². The van der Waals surface area contributed by atoms with E-state index in [2.05, 4.69) is 5.32 Å². The van der Waals surface area contributed by atoms with Crippen LogP contribution in [0.3, 0.4) is 0 Å². The predicted octanol–water partition coefficient (Wildman–Crippen LogP) is 1.74. The van der Waals surface area contributed by atoms with Gasteiger partial charge in [0.1, 0.15) is 12.0 Å². The van der Waals surface area contributed by atoms with Gasteiger partial charge >= 0.3 is 0 Å². The fraction of sp³-hybridized carbons (Fsp3) is 0.400.